The molecule has 1 aromatic carbocycles. The maximum absolute atomic E-state index is 12.1. The molecule has 1 fully saturated rings. The summed E-state index contributed by atoms with van der Waals surface area (Å²) < 4.78 is 0. The first kappa shape index (κ1) is 15.3. The van der Waals surface area contributed by atoms with Gasteiger partial charge in [-0.2, -0.15) is 0 Å². The average molecular weight is 311 g/mol. The summed E-state index contributed by atoms with van der Waals surface area (Å²) in [5, 5.41) is 2.76. The molecule has 0 atom stereocenters. The fourth-order valence-corrected chi connectivity index (χ4v) is 2.88. The van der Waals surface area contributed by atoms with Crippen LogP contribution in [0.3, 0.4) is 0 Å². The highest BCUT2D eigenvalue weighted by Crippen LogP contribution is 2.21. The molecule has 2 heterocycles. The summed E-state index contributed by atoms with van der Waals surface area (Å²) in [6, 6.07) is 11.0. The largest absolute Gasteiger partial charge is 0.372 e. The molecular weight excluding hydrogens is 290 g/mol. The van der Waals surface area contributed by atoms with Gasteiger partial charge in [-0.05, 0) is 49.2 Å². The molecule has 0 aliphatic carbocycles. The first-order valence-electron chi connectivity index (χ1n) is 8.08. The lowest BCUT2D eigenvalue weighted by Gasteiger charge is -2.22. The molecular formula is C18H21N3O2. The number of aromatic nitrogens is 1. The Balaban J connectivity index is 1.69. The van der Waals surface area contributed by atoms with E-state index in [9.17, 15) is 9.59 Å². The number of pyridine rings is 1. The standard InChI is InChI=1S/C18H21N3O2/c22-17-16(6-5-11-19-17)18(23)20-14-7-9-15(10-8-14)21-12-3-1-2-4-13-21/h5-11H,1-4,12-13H2,(H,19,22)(H,20,23). The van der Waals surface area contributed by atoms with Crippen molar-refractivity contribution >= 4 is 17.3 Å². The van der Waals surface area contributed by atoms with Gasteiger partial charge in [-0.1, -0.05) is 12.8 Å². The van der Waals surface area contributed by atoms with Crippen LogP contribution >= 0.6 is 0 Å². The predicted molar refractivity (Wildman–Crippen MR) is 92.1 cm³/mol. The summed E-state index contributed by atoms with van der Waals surface area (Å²) in [6.07, 6.45) is 6.58. The van der Waals surface area contributed by atoms with Gasteiger partial charge in [0.05, 0.1) is 0 Å². The smallest absolute Gasteiger partial charge is 0.261 e. The number of carbonyl (C=O) groups excluding carboxylic acids is 1. The summed E-state index contributed by atoms with van der Waals surface area (Å²) in [7, 11) is 0. The summed E-state index contributed by atoms with van der Waals surface area (Å²) in [5.74, 6) is -0.394. The van der Waals surface area contributed by atoms with Crippen LogP contribution in [0.25, 0.3) is 0 Å². The highest BCUT2D eigenvalue weighted by atomic mass is 16.2. The fraction of sp³-hybridized carbons (Fsp3) is 0.333. The molecule has 23 heavy (non-hydrogen) atoms. The zero-order valence-electron chi connectivity index (χ0n) is 13.0. The number of H-pyrrole nitrogens is 1. The third kappa shape index (κ3) is 3.80. The Bertz CT molecular complexity index is 714. The van der Waals surface area contributed by atoms with Crippen LogP contribution in [0, 0.1) is 0 Å². The van der Waals surface area contributed by atoms with Crippen LogP contribution in [-0.2, 0) is 0 Å². The van der Waals surface area contributed by atoms with Gasteiger partial charge >= 0.3 is 0 Å². The minimum atomic E-state index is -0.394. The molecule has 1 aromatic heterocycles. The number of hydrogen-bond acceptors (Lipinski definition) is 3. The van der Waals surface area contributed by atoms with Crippen molar-refractivity contribution in [2.75, 3.05) is 23.3 Å². The lowest BCUT2D eigenvalue weighted by atomic mass is 10.2. The number of anilines is 2. The fourth-order valence-electron chi connectivity index (χ4n) is 2.88. The van der Waals surface area contributed by atoms with Crippen molar-refractivity contribution in [3.63, 3.8) is 0 Å². The topological polar surface area (TPSA) is 65.2 Å². The van der Waals surface area contributed by atoms with Gasteiger partial charge in [0.2, 0.25) is 0 Å². The molecule has 5 heteroatoms. The SMILES string of the molecule is O=C(Nc1ccc(N2CCCCCC2)cc1)c1ccc[nH]c1=O. The maximum Gasteiger partial charge on any atom is 0.261 e. The van der Waals surface area contributed by atoms with Crippen LogP contribution in [-0.4, -0.2) is 24.0 Å². The van der Waals surface area contributed by atoms with Gasteiger partial charge in [0, 0.05) is 30.7 Å². The number of aromatic amines is 1. The zero-order chi connectivity index (χ0) is 16.1. The highest BCUT2D eigenvalue weighted by Gasteiger charge is 2.12. The molecule has 1 saturated heterocycles. The Kier molecular flexibility index (Phi) is 4.76. The van der Waals surface area contributed by atoms with Gasteiger partial charge in [-0.3, -0.25) is 9.59 Å². The molecule has 5 nitrogen and oxygen atoms in total. The van der Waals surface area contributed by atoms with Crippen molar-refractivity contribution in [2.45, 2.75) is 25.7 Å². The van der Waals surface area contributed by atoms with Crippen molar-refractivity contribution in [3.05, 3.63) is 58.5 Å². The molecule has 2 N–H and O–H groups in total. The molecule has 0 spiro atoms. The number of nitrogens with one attached hydrogen (secondary N) is 2. The Morgan fingerprint density at radius 3 is 2.35 bits per heavy atom. The predicted octanol–water partition coefficient (Wildman–Crippen LogP) is 3.01. The van der Waals surface area contributed by atoms with E-state index >= 15 is 0 Å². The Morgan fingerprint density at radius 1 is 1.00 bits per heavy atom. The molecule has 1 aliphatic rings. The zero-order valence-corrected chi connectivity index (χ0v) is 13.0. The van der Waals surface area contributed by atoms with E-state index in [4.69, 9.17) is 0 Å². The maximum atomic E-state index is 12.1. The van der Waals surface area contributed by atoms with Crippen molar-refractivity contribution in [3.8, 4) is 0 Å². The van der Waals surface area contributed by atoms with Crippen LogP contribution in [0.15, 0.2) is 47.4 Å². The summed E-state index contributed by atoms with van der Waals surface area (Å²) in [4.78, 5) is 28.6. The normalized spacial score (nSPS) is 15.0. The van der Waals surface area contributed by atoms with E-state index in [0.29, 0.717) is 5.69 Å². The number of carbonyl (C=O) groups is 1. The Hall–Kier alpha value is -2.56. The molecule has 0 bridgehead atoms. The summed E-state index contributed by atoms with van der Waals surface area (Å²) in [6.45, 7) is 2.18. The molecule has 3 rings (SSSR count). The van der Waals surface area contributed by atoms with Gasteiger partial charge in [0.15, 0.2) is 0 Å². The Morgan fingerprint density at radius 2 is 1.70 bits per heavy atom. The van der Waals surface area contributed by atoms with E-state index in [0.717, 1.165) is 13.1 Å². The minimum absolute atomic E-state index is 0.115. The molecule has 1 amide bonds. The van der Waals surface area contributed by atoms with Crippen LogP contribution < -0.4 is 15.8 Å². The van der Waals surface area contributed by atoms with Gasteiger partial charge in [-0.15, -0.1) is 0 Å². The van der Waals surface area contributed by atoms with Gasteiger partial charge < -0.3 is 15.2 Å². The van der Waals surface area contributed by atoms with Crippen molar-refractivity contribution in [1.29, 1.82) is 0 Å². The van der Waals surface area contributed by atoms with E-state index in [2.05, 4.69) is 15.2 Å². The van der Waals surface area contributed by atoms with E-state index in [1.165, 1.54) is 43.6 Å². The van der Waals surface area contributed by atoms with Crippen molar-refractivity contribution < 1.29 is 4.79 Å². The number of nitrogens with zero attached hydrogens (tertiary/aromatic N) is 1. The third-order valence-electron chi connectivity index (χ3n) is 4.16. The molecule has 1 aliphatic heterocycles. The third-order valence-corrected chi connectivity index (χ3v) is 4.16. The second-order valence-electron chi connectivity index (χ2n) is 5.82. The first-order valence-corrected chi connectivity index (χ1v) is 8.08. The highest BCUT2D eigenvalue weighted by molar-refractivity contribution is 6.04. The van der Waals surface area contributed by atoms with Crippen LogP contribution in [0.1, 0.15) is 36.0 Å². The second kappa shape index (κ2) is 7.13. The number of hydrogen-bond donors (Lipinski definition) is 2. The van der Waals surface area contributed by atoms with E-state index < -0.39 is 5.91 Å². The van der Waals surface area contributed by atoms with E-state index in [-0.39, 0.29) is 11.1 Å². The molecule has 120 valence electrons. The summed E-state index contributed by atoms with van der Waals surface area (Å²) in [5.41, 5.74) is 1.61. The molecule has 0 radical (unpaired) electrons. The lowest BCUT2D eigenvalue weighted by Crippen LogP contribution is -2.24. The Labute approximate surface area is 135 Å². The molecule has 0 unspecified atom stereocenters. The molecule has 0 saturated carbocycles. The van der Waals surface area contributed by atoms with Crippen LogP contribution in [0.2, 0.25) is 0 Å². The lowest BCUT2D eigenvalue weighted by molar-refractivity contribution is 0.102. The minimum Gasteiger partial charge on any atom is -0.372 e. The quantitative estimate of drug-likeness (QED) is 0.916. The van der Waals surface area contributed by atoms with E-state index in [1.807, 2.05) is 24.3 Å². The van der Waals surface area contributed by atoms with Crippen molar-refractivity contribution in [1.82, 2.24) is 4.98 Å². The number of benzene rings is 1. The molecule has 2 aromatic rings. The van der Waals surface area contributed by atoms with Crippen LogP contribution in [0.5, 0.6) is 0 Å². The number of amides is 1. The van der Waals surface area contributed by atoms with Gasteiger partial charge in [0.1, 0.15) is 5.56 Å². The monoisotopic (exact) mass is 311 g/mol. The second-order valence-corrected chi connectivity index (χ2v) is 5.82. The van der Waals surface area contributed by atoms with E-state index in [1.54, 1.807) is 6.07 Å². The van der Waals surface area contributed by atoms with Crippen LogP contribution in [0.4, 0.5) is 11.4 Å². The number of rotatable bonds is 3. The average Bonchev–Trinajstić information content (AvgIpc) is 2.85. The van der Waals surface area contributed by atoms with Gasteiger partial charge in [-0.25, -0.2) is 0 Å². The first-order chi connectivity index (χ1) is 11.2. The summed E-state index contributed by atoms with van der Waals surface area (Å²) >= 11 is 0. The van der Waals surface area contributed by atoms with Gasteiger partial charge in [0.25, 0.3) is 11.5 Å². The van der Waals surface area contributed by atoms with Crippen molar-refractivity contribution in [2.24, 2.45) is 0 Å².